The third kappa shape index (κ3) is 5.32. The van der Waals surface area contributed by atoms with Gasteiger partial charge in [-0.1, -0.05) is 43.3 Å². The number of likely N-dealkylation sites (tertiary alicyclic amines) is 1. The van der Waals surface area contributed by atoms with Gasteiger partial charge in [0.2, 0.25) is 5.91 Å². The standard InChI is InChI=1S/C35H45N3O5S/c1-6-19-37(26-17-15-25(16-18-26)36(7-2)8-3)33(41)31-35-23(5)20-28(44-35)29(34(42)43-9-4)30(35)32(40)38(31)27(22-39)21-24-13-11-10-12-14-24/h6,10-18,23,27-31,39H,1,7-9,19-22H2,2-5H3/t23?,27-,28+,29-,30+,31?,35?/m1/s1. The maximum absolute atomic E-state index is 15.0. The lowest BCUT2D eigenvalue weighted by Crippen LogP contribution is -2.59. The van der Waals surface area contributed by atoms with E-state index in [9.17, 15) is 14.7 Å². The number of hydrogen-bond acceptors (Lipinski definition) is 7. The molecule has 1 spiro atoms. The lowest BCUT2D eigenvalue weighted by molar-refractivity contribution is -0.154. The first kappa shape index (κ1) is 32.1. The summed E-state index contributed by atoms with van der Waals surface area (Å²) in [7, 11) is 0. The molecule has 1 N–H and O–H groups in total. The van der Waals surface area contributed by atoms with Crippen molar-refractivity contribution in [1.29, 1.82) is 0 Å². The van der Waals surface area contributed by atoms with E-state index in [1.165, 1.54) is 0 Å². The number of carbonyl (C=O) groups excluding carboxylic acids is 3. The zero-order valence-electron chi connectivity index (χ0n) is 26.2. The van der Waals surface area contributed by atoms with E-state index in [0.29, 0.717) is 12.1 Å². The smallest absolute Gasteiger partial charge is 0.310 e. The van der Waals surface area contributed by atoms with Gasteiger partial charge in [-0.3, -0.25) is 14.4 Å². The Morgan fingerprint density at radius 3 is 2.36 bits per heavy atom. The highest BCUT2D eigenvalue weighted by molar-refractivity contribution is 8.02. The van der Waals surface area contributed by atoms with Crippen LogP contribution in [0.5, 0.6) is 0 Å². The molecule has 0 aliphatic carbocycles. The highest BCUT2D eigenvalue weighted by Crippen LogP contribution is 2.69. The molecule has 0 radical (unpaired) electrons. The molecule has 2 aromatic carbocycles. The number of rotatable bonds is 13. The average molecular weight is 620 g/mol. The summed E-state index contributed by atoms with van der Waals surface area (Å²) in [4.78, 5) is 48.6. The van der Waals surface area contributed by atoms with E-state index in [0.717, 1.165) is 30.8 Å². The summed E-state index contributed by atoms with van der Waals surface area (Å²) >= 11 is 1.62. The average Bonchev–Trinajstić information content (AvgIpc) is 3.63. The van der Waals surface area contributed by atoms with Crippen LogP contribution in [0.3, 0.4) is 0 Å². The molecule has 236 valence electrons. The van der Waals surface area contributed by atoms with Crippen LogP contribution in [-0.2, 0) is 25.5 Å². The van der Waals surface area contributed by atoms with Gasteiger partial charge in [-0.05, 0) is 69.4 Å². The first-order chi connectivity index (χ1) is 21.3. The summed E-state index contributed by atoms with van der Waals surface area (Å²) in [5.74, 6) is -2.15. The van der Waals surface area contributed by atoms with Crippen molar-refractivity contribution < 1.29 is 24.2 Å². The predicted octanol–water partition coefficient (Wildman–Crippen LogP) is 4.56. The van der Waals surface area contributed by atoms with Crippen LogP contribution < -0.4 is 9.80 Å². The van der Waals surface area contributed by atoms with Crippen LogP contribution in [0.1, 0.15) is 39.7 Å². The summed E-state index contributed by atoms with van der Waals surface area (Å²) in [5.41, 5.74) is 2.75. The number of aliphatic hydroxyl groups is 1. The van der Waals surface area contributed by atoms with Crippen molar-refractivity contribution in [3.8, 4) is 0 Å². The van der Waals surface area contributed by atoms with Crippen LogP contribution in [0.25, 0.3) is 0 Å². The molecule has 2 aromatic rings. The number of carbonyl (C=O) groups is 3. The van der Waals surface area contributed by atoms with Gasteiger partial charge >= 0.3 is 5.97 Å². The van der Waals surface area contributed by atoms with Crippen molar-refractivity contribution in [2.75, 3.05) is 42.6 Å². The second kappa shape index (κ2) is 13.4. The Kier molecular flexibility index (Phi) is 9.75. The molecule has 3 aliphatic heterocycles. The van der Waals surface area contributed by atoms with Crippen LogP contribution in [0.15, 0.2) is 67.3 Å². The Morgan fingerprint density at radius 1 is 1.11 bits per heavy atom. The normalized spacial score (nSPS) is 27.6. The van der Waals surface area contributed by atoms with Crippen LogP contribution >= 0.6 is 11.8 Å². The van der Waals surface area contributed by atoms with Gasteiger partial charge in [0, 0.05) is 36.3 Å². The number of hydrogen-bond donors (Lipinski definition) is 1. The summed E-state index contributed by atoms with van der Waals surface area (Å²) in [6.07, 6.45) is 2.81. The molecule has 2 amide bonds. The third-order valence-electron chi connectivity index (χ3n) is 9.76. The topological polar surface area (TPSA) is 90.4 Å². The van der Waals surface area contributed by atoms with Crippen LogP contribution in [0.2, 0.25) is 0 Å². The van der Waals surface area contributed by atoms with Crippen LogP contribution in [-0.4, -0.2) is 82.7 Å². The SMILES string of the molecule is C=CCN(C(=O)C1N([C@@H](CO)Cc2ccccc2)C(=O)[C@@H]2[C@H](C(=O)OCC)[C@@H]3CC(C)C12S3)c1ccc(N(CC)CC)cc1. The van der Waals surface area contributed by atoms with E-state index in [-0.39, 0.29) is 48.7 Å². The second-order valence-corrected chi connectivity index (χ2v) is 13.6. The number of benzene rings is 2. The van der Waals surface area contributed by atoms with Gasteiger partial charge in [0.05, 0.1) is 35.8 Å². The number of fused-ring (bicyclic) bond motifs is 1. The number of thioether (sulfide) groups is 1. The number of amides is 2. The molecule has 44 heavy (non-hydrogen) atoms. The molecule has 3 saturated heterocycles. The zero-order valence-corrected chi connectivity index (χ0v) is 27.0. The number of nitrogens with zero attached hydrogens (tertiary/aromatic N) is 3. The first-order valence-corrected chi connectivity index (χ1v) is 16.7. The summed E-state index contributed by atoms with van der Waals surface area (Å²) in [5, 5.41) is 10.7. The fourth-order valence-electron chi connectivity index (χ4n) is 7.81. The van der Waals surface area contributed by atoms with Crippen molar-refractivity contribution in [2.24, 2.45) is 17.8 Å². The van der Waals surface area contributed by atoms with Gasteiger partial charge in [-0.15, -0.1) is 18.3 Å². The maximum Gasteiger partial charge on any atom is 0.310 e. The maximum atomic E-state index is 15.0. The molecular formula is C35H45N3O5S. The Labute approximate surface area is 265 Å². The Hall–Kier alpha value is -3.30. The lowest BCUT2D eigenvalue weighted by Gasteiger charge is -2.42. The van der Waals surface area contributed by atoms with E-state index in [1.807, 2.05) is 54.6 Å². The minimum Gasteiger partial charge on any atom is -0.466 e. The second-order valence-electron chi connectivity index (χ2n) is 12.0. The molecule has 0 aromatic heterocycles. The fraction of sp³-hybridized carbons (Fsp3) is 0.514. The summed E-state index contributed by atoms with van der Waals surface area (Å²) in [6, 6.07) is 16.1. The molecule has 8 nitrogen and oxygen atoms in total. The summed E-state index contributed by atoms with van der Waals surface area (Å²) in [6.45, 7) is 14.0. The number of esters is 1. The summed E-state index contributed by atoms with van der Waals surface area (Å²) < 4.78 is 4.68. The molecule has 3 aliphatic rings. The van der Waals surface area contributed by atoms with E-state index in [1.54, 1.807) is 34.6 Å². The van der Waals surface area contributed by atoms with Gasteiger partial charge in [0.15, 0.2) is 0 Å². The molecule has 0 saturated carbocycles. The van der Waals surface area contributed by atoms with Crippen molar-refractivity contribution in [2.45, 2.75) is 62.6 Å². The van der Waals surface area contributed by atoms with Gasteiger partial charge < -0.3 is 24.5 Å². The monoisotopic (exact) mass is 619 g/mol. The third-order valence-corrected chi connectivity index (χ3v) is 11.8. The molecule has 7 atom stereocenters. The van der Waals surface area contributed by atoms with Crippen LogP contribution in [0.4, 0.5) is 11.4 Å². The molecule has 2 bridgehead atoms. The minimum atomic E-state index is -0.868. The first-order valence-electron chi connectivity index (χ1n) is 15.9. The van der Waals surface area contributed by atoms with E-state index < -0.39 is 28.7 Å². The molecule has 5 rings (SSSR count). The lowest BCUT2D eigenvalue weighted by atomic mass is 9.66. The molecule has 9 heteroatoms. The van der Waals surface area contributed by atoms with Crippen LogP contribution in [0, 0.1) is 17.8 Å². The van der Waals surface area contributed by atoms with Crippen molar-refractivity contribution in [3.05, 3.63) is 72.8 Å². The zero-order chi connectivity index (χ0) is 31.6. The van der Waals surface area contributed by atoms with Crippen molar-refractivity contribution in [1.82, 2.24) is 4.90 Å². The fourth-order valence-corrected chi connectivity index (χ4v) is 10.2. The molecule has 3 heterocycles. The number of aliphatic hydroxyl groups excluding tert-OH is 1. The minimum absolute atomic E-state index is 0.00256. The van der Waals surface area contributed by atoms with Gasteiger partial charge in [0.25, 0.3) is 5.91 Å². The quantitative estimate of drug-likeness (QED) is 0.260. The van der Waals surface area contributed by atoms with Crippen molar-refractivity contribution >= 4 is 40.9 Å². The van der Waals surface area contributed by atoms with E-state index in [4.69, 9.17) is 4.74 Å². The molecule has 3 fully saturated rings. The van der Waals surface area contributed by atoms with Gasteiger partial charge in [0.1, 0.15) is 6.04 Å². The molecule has 3 unspecified atom stereocenters. The highest BCUT2D eigenvalue weighted by atomic mass is 32.2. The highest BCUT2D eigenvalue weighted by Gasteiger charge is 2.77. The number of ether oxygens (including phenoxy) is 1. The largest absolute Gasteiger partial charge is 0.466 e. The Bertz CT molecular complexity index is 1350. The molecular weight excluding hydrogens is 574 g/mol. The van der Waals surface area contributed by atoms with Gasteiger partial charge in [-0.2, -0.15) is 0 Å². The van der Waals surface area contributed by atoms with Gasteiger partial charge in [-0.25, -0.2) is 0 Å². The Balaban J connectivity index is 1.60. The van der Waals surface area contributed by atoms with E-state index in [2.05, 4.69) is 32.3 Å². The van der Waals surface area contributed by atoms with Crippen molar-refractivity contribution in [3.63, 3.8) is 0 Å². The number of anilines is 2. The van der Waals surface area contributed by atoms with E-state index >= 15 is 4.79 Å². The predicted molar refractivity (Wildman–Crippen MR) is 176 cm³/mol. The Morgan fingerprint density at radius 2 is 1.77 bits per heavy atom.